The number of epoxide rings is 1. The fraction of sp³-hybridized carbons (Fsp3) is 0.650. The number of allylic oxidation sites excluding steroid dienone is 5. The molecule has 0 spiro atoms. The van der Waals surface area contributed by atoms with E-state index in [9.17, 15) is 4.79 Å². The molecule has 2 heteroatoms. The number of ketones is 1. The highest BCUT2D eigenvalue weighted by atomic mass is 16.6. The number of hydrogen-bond acceptors (Lipinski definition) is 2. The molecular weight excluding hydrogens is 272 g/mol. The third-order valence-corrected chi connectivity index (χ3v) is 5.08. The third kappa shape index (κ3) is 4.42. The van der Waals surface area contributed by atoms with Crippen LogP contribution in [-0.2, 0) is 9.53 Å². The van der Waals surface area contributed by atoms with Gasteiger partial charge in [-0.05, 0) is 59.8 Å². The predicted molar refractivity (Wildman–Crippen MR) is 91.8 cm³/mol. The summed E-state index contributed by atoms with van der Waals surface area (Å²) in [6.45, 7) is 12.4. The molecule has 1 saturated heterocycles. The molecule has 0 aromatic heterocycles. The monoisotopic (exact) mass is 302 g/mol. The fourth-order valence-electron chi connectivity index (χ4n) is 3.32. The van der Waals surface area contributed by atoms with Gasteiger partial charge in [-0.1, -0.05) is 35.5 Å². The second kappa shape index (κ2) is 6.95. The molecule has 22 heavy (non-hydrogen) atoms. The van der Waals surface area contributed by atoms with Crippen LogP contribution in [0, 0.1) is 5.92 Å². The van der Waals surface area contributed by atoms with Gasteiger partial charge in [0, 0.05) is 12.3 Å². The number of ether oxygens (including phenoxy) is 1. The topological polar surface area (TPSA) is 29.6 Å². The summed E-state index contributed by atoms with van der Waals surface area (Å²) in [7, 11) is 0. The maximum atomic E-state index is 12.7. The van der Waals surface area contributed by atoms with E-state index in [1.165, 1.54) is 11.1 Å². The SMILES string of the molecule is C=C(C)[C@@H]1C/C=C(\C)CC/C=C(/C)CC[C@H]2O[C@@]2(C)CC1=O. The van der Waals surface area contributed by atoms with Gasteiger partial charge in [0.05, 0.1) is 11.7 Å². The smallest absolute Gasteiger partial charge is 0.143 e. The Balaban J connectivity index is 2.15. The quantitative estimate of drug-likeness (QED) is 0.495. The van der Waals surface area contributed by atoms with Crippen LogP contribution >= 0.6 is 0 Å². The van der Waals surface area contributed by atoms with E-state index >= 15 is 0 Å². The van der Waals surface area contributed by atoms with Crippen LogP contribution in [0.3, 0.4) is 0 Å². The molecule has 2 aliphatic rings. The van der Waals surface area contributed by atoms with Crippen LogP contribution in [0.15, 0.2) is 35.5 Å². The van der Waals surface area contributed by atoms with Crippen molar-refractivity contribution in [3.63, 3.8) is 0 Å². The van der Waals surface area contributed by atoms with Crippen molar-refractivity contribution in [3.05, 3.63) is 35.5 Å². The Kier molecular flexibility index (Phi) is 5.44. The fourth-order valence-corrected chi connectivity index (χ4v) is 3.32. The highest BCUT2D eigenvalue weighted by Crippen LogP contribution is 2.44. The largest absolute Gasteiger partial charge is 0.366 e. The standard InChI is InChI=1S/C20H30O2/c1-14(2)17-11-9-15(3)7-6-8-16(4)10-12-19-20(5,22-19)13-18(17)21/h8-9,17,19H,1,6-7,10-13H2,2-5H3/b15-9+,16-8-/t17-,19+,20-/m0/s1. The number of Topliss-reactive ketones (excluding diaryl/α,β-unsaturated/α-hetero) is 1. The highest BCUT2D eigenvalue weighted by molar-refractivity contribution is 5.85. The van der Waals surface area contributed by atoms with Crippen molar-refractivity contribution in [2.45, 2.75) is 77.9 Å². The minimum atomic E-state index is -0.242. The van der Waals surface area contributed by atoms with Gasteiger partial charge in [0.2, 0.25) is 0 Å². The van der Waals surface area contributed by atoms with Crippen LogP contribution in [-0.4, -0.2) is 17.5 Å². The molecule has 3 atom stereocenters. The van der Waals surface area contributed by atoms with E-state index in [0.717, 1.165) is 37.7 Å². The van der Waals surface area contributed by atoms with Gasteiger partial charge in [0.15, 0.2) is 0 Å². The molecule has 0 aromatic rings. The first kappa shape index (κ1) is 17.2. The Labute approximate surface area is 135 Å². The van der Waals surface area contributed by atoms with Gasteiger partial charge < -0.3 is 4.74 Å². The van der Waals surface area contributed by atoms with Crippen molar-refractivity contribution in [1.82, 2.24) is 0 Å². The summed E-state index contributed by atoms with van der Waals surface area (Å²) in [5.74, 6) is 0.225. The van der Waals surface area contributed by atoms with Gasteiger partial charge in [0.1, 0.15) is 5.78 Å². The number of fused-ring (bicyclic) bond motifs is 1. The minimum Gasteiger partial charge on any atom is -0.366 e. The van der Waals surface area contributed by atoms with Crippen LogP contribution < -0.4 is 0 Å². The van der Waals surface area contributed by atoms with Gasteiger partial charge in [-0.2, -0.15) is 0 Å². The van der Waals surface area contributed by atoms with Crippen molar-refractivity contribution in [2.75, 3.05) is 0 Å². The molecule has 2 rings (SSSR count). The molecular formula is C20H30O2. The minimum absolute atomic E-state index is 0.0585. The summed E-state index contributed by atoms with van der Waals surface area (Å²) in [5, 5.41) is 0. The van der Waals surface area contributed by atoms with Crippen molar-refractivity contribution < 1.29 is 9.53 Å². The van der Waals surface area contributed by atoms with E-state index in [2.05, 4.69) is 39.5 Å². The number of carbonyl (C=O) groups is 1. The van der Waals surface area contributed by atoms with Crippen molar-refractivity contribution >= 4 is 5.78 Å². The molecule has 122 valence electrons. The Bertz CT molecular complexity index is 512. The van der Waals surface area contributed by atoms with Gasteiger partial charge in [-0.15, -0.1) is 0 Å². The highest BCUT2D eigenvalue weighted by Gasteiger charge is 2.53. The summed E-state index contributed by atoms with van der Waals surface area (Å²) in [6.07, 6.45) is 10.4. The first-order valence-corrected chi connectivity index (χ1v) is 8.49. The molecule has 0 bridgehead atoms. The molecule has 0 unspecified atom stereocenters. The summed E-state index contributed by atoms with van der Waals surface area (Å²) in [6, 6.07) is 0. The molecule has 0 saturated carbocycles. The zero-order valence-electron chi connectivity index (χ0n) is 14.6. The van der Waals surface area contributed by atoms with E-state index in [1.807, 2.05) is 6.92 Å². The second-order valence-corrected chi connectivity index (χ2v) is 7.38. The molecule has 2 nitrogen and oxygen atoms in total. The van der Waals surface area contributed by atoms with Gasteiger partial charge in [-0.3, -0.25) is 4.79 Å². The molecule has 1 aliphatic heterocycles. The molecule has 0 amide bonds. The van der Waals surface area contributed by atoms with Crippen LogP contribution in [0.5, 0.6) is 0 Å². The first-order valence-electron chi connectivity index (χ1n) is 8.49. The van der Waals surface area contributed by atoms with Crippen molar-refractivity contribution in [1.29, 1.82) is 0 Å². The van der Waals surface area contributed by atoms with E-state index in [-0.39, 0.29) is 23.4 Å². The molecule has 0 radical (unpaired) electrons. The Morgan fingerprint density at radius 1 is 1.27 bits per heavy atom. The van der Waals surface area contributed by atoms with Crippen LogP contribution in [0.4, 0.5) is 0 Å². The second-order valence-electron chi connectivity index (χ2n) is 7.38. The van der Waals surface area contributed by atoms with Crippen molar-refractivity contribution in [2.24, 2.45) is 5.92 Å². The van der Waals surface area contributed by atoms with E-state index in [1.54, 1.807) is 0 Å². The van der Waals surface area contributed by atoms with Crippen LogP contribution in [0.1, 0.15) is 66.2 Å². The number of rotatable bonds is 1. The Morgan fingerprint density at radius 3 is 2.64 bits per heavy atom. The maximum absolute atomic E-state index is 12.7. The van der Waals surface area contributed by atoms with Gasteiger partial charge >= 0.3 is 0 Å². The first-order chi connectivity index (χ1) is 10.3. The van der Waals surface area contributed by atoms with E-state index in [0.29, 0.717) is 6.42 Å². The van der Waals surface area contributed by atoms with Gasteiger partial charge in [-0.25, -0.2) is 0 Å². The summed E-state index contributed by atoms with van der Waals surface area (Å²) in [5.41, 5.74) is 3.53. The number of carbonyl (C=O) groups excluding carboxylic acids is 1. The molecule has 0 aromatic carbocycles. The lowest BCUT2D eigenvalue weighted by Gasteiger charge is -2.17. The molecule has 1 aliphatic carbocycles. The molecule has 0 N–H and O–H groups in total. The normalized spacial score (nSPS) is 38.8. The lowest BCUT2D eigenvalue weighted by Crippen LogP contribution is -2.23. The van der Waals surface area contributed by atoms with Crippen LogP contribution in [0.2, 0.25) is 0 Å². The zero-order valence-corrected chi connectivity index (χ0v) is 14.6. The average Bonchev–Trinajstić information content (AvgIpc) is 3.05. The van der Waals surface area contributed by atoms with Crippen molar-refractivity contribution in [3.8, 4) is 0 Å². The third-order valence-electron chi connectivity index (χ3n) is 5.08. The summed E-state index contributed by atoms with van der Waals surface area (Å²) < 4.78 is 5.86. The maximum Gasteiger partial charge on any atom is 0.143 e. The predicted octanol–water partition coefficient (Wildman–Crippen LogP) is 5.15. The zero-order chi connectivity index (χ0) is 16.3. The number of hydrogen-bond donors (Lipinski definition) is 0. The Hall–Kier alpha value is -1.15. The summed E-state index contributed by atoms with van der Waals surface area (Å²) >= 11 is 0. The Morgan fingerprint density at radius 2 is 1.95 bits per heavy atom. The molecule has 1 fully saturated rings. The van der Waals surface area contributed by atoms with E-state index < -0.39 is 0 Å². The van der Waals surface area contributed by atoms with Gasteiger partial charge in [0.25, 0.3) is 0 Å². The van der Waals surface area contributed by atoms with Crippen LogP contribution in [0.25, 0.3) is 0 Å². The van der Waals surface area contributed by atoms with E-state index in [4.69, 9.17) is 4.74 Å². The lowest BCUT2D eigenvalue weighted by atomic mass is 9.85. The molecule has 1 heterocycles. The average molecular weight is 302 g/mol. The lowest BCUT2D eigenvalue weighted by molar-refractivity contribution is -0.122. The summed E-state index contributed by atoms with van der Waals surface area (Å²) in [4.78, 5) is 12.7.